The van der Waals surface area contributed by atoms with Crippen LogP contribution < -0.4 is 10.1 Å². The number of benzene rings is 1. The minimum atomic E-state index is -0.247. The topological polar surface area (TPSA) is 64.1 Å². The van der Waals surface area contributed by atoms with Crippen LogP contribution in [0.5, 0.6) is 6.01 Å². The molecule has 0 aliphatic heterocycles. The molecule has 0 spiro atoms. The number of carbonyl (C=O) groups excluding carboxylic acids is 1. The van der Waals surface area contributed by atoms with E-state index in [-0.39, 0.29) is 5.91 Å². The zero-order chi connectivity index (χ0) is 13.7. The monoisotopic (exact) mass is 257 g/mol. The van der Waals surface area contributed by atoms with Gasteiger partial charge in [-0.3, -0.25) is 4.79 Å². The molecule has 0 saturated heterocycles. The first-order valence-corrected chi connectivity index (χ1v) is 6.06. The van der Waals surface area contributed by atoms with Gasteiger partial charge < -0.3 is 10.1 Å². The van der Waals surface area contributed by atoms with Crippen molar-refractivity contribution in [3.63, 3.8) is 0 Å². The van der Waals surface area contributed by atoms with Gasteiger partial charge in [0.05, 0.1) is 12.1 Å². The molecule has 0 aliphatic carbocycles. The van der Waals surface area contributed by atoms with Crippen LogP contribution in [0.15, 0.2) is 37.1 Å². The lowest BCUT2D eigenvalue weighted by Crippen LogP contribution is -2.07. The van der Waals surface area contributed by atoms with Crippen LogP contribution in [0.3, 0.4) is 0 Å². The van der Waals surface area contributed by atoms with E-state index in [0.717, 1.165) is 17.3 Å². The zero-order valence-corrected chi connectivity index (χ0v) is 10.7. The second kappa shape index (κ2) is 5.95. The van der Waals surface area contributed by atoms with Gasteiger partial charge in [-0.2, -0.15) is 4.98 Å². The Morgan fingerprint density at radius 2 is 2.37 bits per heavy atom. The number of rotatable bonds is 5. The molecule has 0 atom stereocenters. The molecule has 2 rings (SSSR count). The number of hydrogen-bond acceptors (Lipinski definition) is 4. The summed E-state index contributed by atoms with van der Waals surface area (Å²) in [5, 5.41) is 3.53. The van der Waals surface area contributed by atoms with Gasteiger partial charge in [-0.1, -0.05) is 13.5 Å². The summed E-state index contributed by atoms with van der Waals surface area (Å²) in [5.74, 6) is -0.247. The third-order valence-electron chi connectivity index (χ3n) is 2.45. The Kier molecular flexibility index (Phi) is 4.07. The SMILES string of the molecule is C=CC(=O)Nc1ccc2nc(OCCC)ncc2c1. The van der Waals surface area contributed by atoms with Gasteiger partial charge in [0.15, 0.2) is 0 Å². The lowest BCUT2D eigenvalue weighted by molar-refractivity contribution is -0.111. The van der Waals surface area contributed by atoms with Gasteiger partial charge >= 0.3 is 6.01 Å². The number of hydrogen-bond donors (Lipinski definition) is 1. The van der Waals surface area contributed by atoms with E-state index in [4.69, 9.17) is 4.74 Å². The van der Waals surface area contributed by atoms with E-state index in [1.165, 1.54) is 6.08 Å². The van der Waals surface area contributed by atoms with Crippen LogP contribution in [-0.2, 0) is 4.79 Å². The van der Waals surface area contributed by atoms with Crippen LogP contribution in [0.4, 0.5) is 5.69 Å². The normalized spacial score (nSPS) is 10.2. The summed E-state index contributed by atoms with van der Waals surface area (Å²) >= 11 is 0. The van der Waals surface area contributed by atoms with Gasteiger partial charge in [0.1, 0.15) is 0 Å². The van der Waals surface area contributed by atoms with E-state index in [0.29, 0.717) is 18.3 Å². The van der Waals surface area contributed by atoms with Crippen LogP contribution in [0.2, 0.25) is 0 Å². The fourth-order valence-electron chi connectivity index (χ4n) is 1.55. The third-order valence-corrected chi connectivity index (χ3v) is 2.45. The molecule has 1 aromatic heterocycles. The van der Waals surface area contributed by atoms with E-state index >= 15 is 0 Å². The number of aromatic nitrogens is 2. The van der Waals surface area contributed by atoms with Gasteiger partial charge in [-0.25, -0.2) is 4.98 Å². The number of amides is 1. The van der Waals surface area contributed by atoms with Crippen molar-refractivity contribution in [3.8, 4) is 6.01 Å². The minimum Gasteiger partial charge on any atom is -0.463 e. The second-order valence-corrected chi connectivity index (χ2v) is 3.97. The molecule has 1 N–H and O–H groups in total. The molecule has 5 nitrogen and oxygen atoms in total. The Bertz CT molecular complexity index is 611. The lowest BCUT2D eigenvalue weighted by Gasteiger charge is -2.06. The van der Waals surface area contributed by atoms with Crippen molar-refractivity contribution in [1.29, 1.82) is 0 Å². The zero-order valence-electron chi connectivity index (χ0n) is 10.7. The maximum atomic E-state index is 11.2. The molecular formula is C14H15N3O2. The van der Waals surface area contributed by atoms with Crippen molar-refractivity contribution < 1.29 is 9.53 Å². The summed E-state index contributed by atoms with van der Waals surface area (Å²) in [5.41, 5.74) is 1.46. The molecule has 1 heterocycles. The average Bonchev–Trinajstić information content (AvgIpc) is 2.44. The van der Waals surface area contributed by atoms with Gasteiger partial charge in [-0.15, -0.1) is 0 Å². The van der Waals surface area contributed by atoms with E-state index < -0.39 is 0 Å². The van der Waals surface area contributed by atoms with E-state index in [1.807, 2.05) is 13.0 Å². The maximum absolute atomic E-state index is 11.2. The highest BCUT2D eigenvalue weighted by atomic mass is 16.5. The molecule has 5 heteroatoms. The summed E-state index contributed by atoms with van der Waals surface area (Å²) in [4.78, 5) is 19.6. The molecule has 0 aliphatic rings. The van der Waals surface area contributed by atoms with Crippen LogP contribution >= 0.6 is 0 Å². The number of anilines is 1. The smallest absolute Gasteiger partial charge is 0.316 e. The quantitative estimate of drug-likeness (QED) is 0.836. The fourth-order valence-corrected chi connectivity index (χ4v) is 1.55. The van der Waals surface area contributed by atoms with Gasteiger partial charge in [0, 0.05) is 17.3 Å². The van der Waals surface area contributed by atoms with Crippen LogP contribution in [0.1, 0.15) is 13.3 Å². The third kappa shape index (κ3) is 3.28. The molecular weight excluding hydrogens is 242 g/mol. The summed E-state index contributed by atoms with van der Waals surface area (Å²) in [6, 6.07) is 5.77. The summed E-state index contributed by atoms with van der Waals surface area (Å²) < 4.78 is 5.37. The molecule has 0 bridgehead atoms. The summed E-state index contributed by atoms with van der Waals surface area (Å²) in [6.07, 6.45) is 3.81. The number of fused-ring (bicyclic) bond motifs is 1. The second-order valence-electron chi connectivity index (χ2n) is 3.97. The summed E-state index contributed by atoms with van der Waals surface area (Å²) in [7, 11) is 0. The van der Waals surface area contributed by atoms with Crippen LogP contribution in [0, 0.1) is 0 Å². The number of ether oxygens (including phenoxy) is 1. The Hall–Kier alpha value is -2.43. The standard InChI is InChI=1S/C14H15N3O2/c1-3-7-19-14-15-9-10-8-11(16-13(18)4-2)5-6-12(10)17-14/h4-6,8-9H,2-3,7H2,1H3,(H,16,18). The van der Waals surface area contributed by atoms with Gasteiger partial charge in [0.25, 0.3) is 0 Å². The maximum Gasteiger partial charge on any atom is 0.316 e. The predicted octanol–water partition coefficient (Wildman–Crippen LogP) is 2.54. The predicted molar refractivity (Wildman–Crippen MR) is 74.2 cm³/mol. The highest BCUT2D eigenvalue weighted by molar-refractivity contribution is 6.00. The first-order chi connectivity index (χ1) is 9.22. The molecule has 1 aromatic carbocycles. The van der Waals surface area contributed by atoms with Crippen LogP contribution in [-0.4, -0.2) is 22.5 Å². The Morgan fingerprint density at radius 3 is 3.11 bits per heavy atom. The van der Waals surface area contributed by atoms with Crippen molar-refractivity contribution in [2.24, 2.45) is 0 Å². The molecule has 0 unspecified atom stereocenters. The largest absolute Gasteiger partial charge is 0.463 e. The average molecular weight is 257 g/mol. The van der Waals surface area contributed by atoms with Gasteiger partial charge in [0.2, 0.25) is 5.91 Å². The van der Waals surface area contributed by atoms with Crippen molar-refractivity contribution in [2.45, 2.75) is 13.3 Å². The van der Waals surface area contributed by atoms with Gasteiger partial charge in [-0.05, 0) is 30.7 Å². The lowest BCUT2D eigenvalue weighted by atomic mass is 10.2. The molecule has 98 valence electrons. The molecule has 19 heavy (non-hydrogen) atoms. The van der Waals surface area contributed by atoms with E-state index in [2.05, 4.69) is 21.9 Å². The van der Waals surface area contributed by atoms with Crippen molar-refractivity contribution in [2.75, 3.05) is 11.9 Å². The molecule has 2 aromatic rings. The molecule has 0 saturated carbocycles. The minimum absolute atomic E-state index is 0.247. The van der Waals surface area contributed by atoms with Crippen LogP contribution in [0.25, 0.3) is 10.9 Å². The number of nitrogens with one attached hydrogen (secondary N) is 1. The van der Waals surface area contributed by atoms with E-state index in [9.17, 15) is 4.79 Å². The molecule has 0 fully saturated rings. The number of nitrogens with zero attached hydrogens (tertiary/aromatic N) is 2. The highest BCUT2D eigenvalue weighted by Crippen LogP contribution is 2.18. The van der Waals surface area contributed by atoms with Crippen molar-refractivity contribution in [3.05, 3.63) is 37.1 Å². The summed E-state index contributed by atoms with van der Waals surface area (Å²) in [6.45, 7) is 6.03. The highest BCUT2D eigenvalue weighted by Gasteiger charge is 2.03. The van der Waals surface area contributed by atoms with Crippen molar-refractivity contribution in [1.82, 2.24) is 9.97 Å². The first-order valence-electron chi connectivity index (χ1n) is 6.06. The molecule has 0 radical (unpaired) electrons. The molecule has 1 amide bonds. The van der Waals surface area contributed by atoms with Crippen molar-refractivity contribution >= 4 is 22.5 Å². The number of carbonyl (C=O) groups is 1. The first kappa shape index (κ1) is 13.0. The fraction of sp³-hybridized carbons (Fsp3) is 0.214. The Morgan fingerprint density at radius 1 is 1.53 bits per heavy atom. The Balaban J connectivity index is 2.24. The Labute approximate surface area is 111 Å². The van der Waals surface area contributed by atoms with E-state index in [1.54, 1.807) is 18.3 Å².